The van der Waals surface area contributed by atoms with Crippen molar-refractivity contribution in [3.63, 3.8) is 0 Å². The van der Waals surface area contributed by atoms with Gasteiger partial charge in [-0.25, -0.2) is 8.42 Å². The van der Waals surface area contributed by atoms with Crippen LogP contribution >= 0.6 is 11.3 Å². The Balaban J connectivity index is 2.18. The van der Waals surface area contributed by atoms with Crippen LogP contribution in [0.3, 0.4) is 0 Å². The highest BCUT2D eigenvalue weighted by molar-refractivity contribution is 7.91. The molecule has 1 atom stereocenters. The largest absolute Gasteiger partial charge is 0.310 e. The molecule has 1 aliphatic heterocycles. The average Bonchev–Trinajstić information content (AvgIpc) is 2.93. The summed E-state index contributed by atoms with van der Waals surface area (Å²) >= 11 is 1.40. The maximum atomic E-state index is 12.6. The zero-order chi connectivity index (χ0) is 14.9. The van der Waals surface area contributed by atoms with E-state index in [1.807, 2.05) is 13.0 Å². The fraction of sp³-hybridized carbons (Fsp3) is 0.714. The molecule has 4 nitrogen and oxygen atoms in total. The molecule has 2 rings (SSSR count). The molecule has 20 heavy (non-hydrogen) atoms. The van der Waals surface area contributed by atoms with Crippen LogP contribution < -0.4 is 5.32 Å². The van der Waals surface area contributed by atoms with E-state index in [2.05, 4.69) is 26.1 Å². The van der Waals surface area contributed by atoms with Crippen LogP contribution in [0, 0.1) is 12.8 Å². The lowest BCUT2D eigenvalue weighted by atomic mass is 10.2. The molecule has 6 heteroatoms. The van der Waals surface area contributed by atoms with Crippen molar-refractivity contribution in [1.29, 1.82) is 0 Å². The van der Waals surface area contributed by atoms with Gasteiger partial charge in [0.15, 0.2) is 0 Å². The second kappa shape index (κ2) is 6.13. The fourth-order valence-corrected chi connectivity index (χ4v) is 5.60. The Kier molecular flexibility index (Phi) is 4.89. The zero-order valence-corrected chi connectivity index (χ0v) is 14.3. The van der Waals surface area contributed by atoms with Crippen LogP contribution in [0.4, 0.5) is 0 Å². The summed E-state index contributed by atoms with van der Waals surface area (Å²) in [7, 11) is -3.29. The molecule has 1 fully saturated rings. The zero-order valence-electron chi connectivity index (χ0n) is 12.6. The Morgan fingerprint density at radius 2 is 2.20 bits per heavy atom. The molecular weight excluding hydrogens is 292 g/mol. The monoisotopic (exact) mass is 316 g/mol. The fourth-order valence-electron chi connectivity index (χ4n) is 2.33. The van der Waals surface area contributed by atoms with Crippen LogP contribution in [-0.2, 0) is 16.6 Å². The van der Waals surface area contributed by atoms with Crippen molar-refractivity contribution in [1.82, 2.24) is 9.62 Å². The van der Waals surface area contributed by atoms with Crippen molar-refractivity contribution in [2.45, 2.75) is 50.9 Å². The molecule has 1 saturated heterocycles. The van der Waals surface area contributed by atoms with Crippen LogP contribution in [0.1, 0.15) is 37.6 Å². The minimum atomic E-state index is -3.29. The number of rotatable bonds is 5. The lowest BCUT2D eigenvalue weighted by molar-refractivity contribution is 0.466. The van der Waals surface area contributed by atoms with Crippen molar-refractivity contribution in [3.05, 3.63) is 16.5 Å². The Morgan fingerprint density at radius 3 is 2.75 bits per heavy atom. The van der Waals surface area contributed by atoms with Crippen LogP contribution in [0.15, 0.2) is 10.3 Å². The highest BCUT2D eigenvalue weighted by Crippen LogP contribution is 2.31. The molecule has 0 aromatic carbocycles. The van der Waals surface area contributed by atoms with Crippen molar-refractivity contribution in [2.75, 3.05) is 13.1 Å². The Hall–Kier alpha value is -0.430. The molecule has 1 aromatic rings. The third-order valence-corrected chi connectivity index (χ3v) is 7.20. The molecule has 0 bridgehead atoms. The molecule has 0 amide bonds. The summed E-state index contributed by atoms with van der Waals surface area (Å²) in [4.78, 5) is 1.12. The van der Waals surface area contributed by atoms with Gasteiger partial charge in [-0.2, -0.15) is 4.31 Å². The van der Waals surface area contributed by atoms with Gasteiger partial charge in [-0.3, -0.25) is 0 Å². The first-order valence-electron chi connectivity index (χ1n) is 7.13. The van der Waals surface area contributed by atoms with E-state index < -0.39 is 10.0 Å². The van der Waals surface area contributed by atoms with Gasteiger partial charge in [0.25, 0.3) is 10.0 Å². The first kappa shape index (κ1) is 15.9. The molecule has 1 N–H and O–H groups in total. The van der Waals surface area contributed by atoms with E-state index in [-0.39, 0.29) is 0 Å². The van der Waals surface area contributed by atoms with Gasteiger partial charge in [-0.1, -0.05) is 20.8 Å². The van der Waals surface area contributed by atoms with Crippen LogP contribution in [0.2, 0.25) is 0 Å². The van der Waals surface area contributed by atoms with Gasteiger partial charge in [-0.15, -0.1) is 11.3 Å². The van der Waals surface area contributed by atoms with Crippen molar-refractivity contribution < 1.29 is 8.42 Å². The van der Waals surface area contributed by atoms with Crippen molar-refractivity contribution in [2.24, 2.45) is 5.92 Å². The Labute approximate surface area is 126 Å². The van der Waals surface area contributed by atoms with E-state index in [0.29, 0.717) is 29.3 Å². The van der Waals surface area contributed by atoms with E-state index in [0.717, 1.165) is 23.4 Å². The van der Waals surface area contributed by atoms with Gasteiger partial charge in [0.05, 0.1) is 0 Å². The number of sulfonamides is 1. The summed E-state index contributed by atoms with van der Waals surface area (Å²) in [6, 6.07) is 2.22. The number of aryl methyl sites for hydroxylation is 1. The van der Waals surface area contributed by atoms with Crippen molar-refractivity contribution in [3.8, 4) is 0 Å². The predicted octanol–water partition coefficient (Wildman–Crippen LogP) is 2.59. The number of thiophene rings is 1. The quantitative estimate of drug-likeness (QED) is 0.908. The molecule has 1 unspecified atom stereocenters. The summed E-state index contributed by atoms with van der Waals surface area (Å²) in [6.45, 7) is 10.3. The van der Waals surface area contributed by atoms with Crippen LogP contribution in [0.25, 0.3) is 0 Å². The Bertz CT molecular complexity index is 564. The summed E-state index contributed by atoms with van der Waals surface area (Å²) in [5.74, 6) is 0.466. The molecule has 0 spiro atoms. The maximum Gasteiger partial charge on any atom is 0.252 e. The van der Waals surface area contributed by atoms with Crippen molar-refractivity contribution >= 4 is 21.4 Å². The molecule has 0 radical (unpaired) electrons. The molecule has 1 aliphatic rings. The summed E-state index contributed by atoms with van der Waals surface area (Å²) < 4.78 is 27.3. The SMILES string of the molecule is Cc1cc(S(=O)(=O)N2CCC(C)C2)sc1CNC(C)C. The first-order valence-corrected chi connectivity index (χ1v) is 9.39. The van der Waals surface area contributed by atoms with E-state index in [9.17, 15) is 8.42 Å². The third-order valence-electron chi connectivity index (χ3n) is 3.65. The molecule has 0 aliphatic carbocycles. The van der Waals surface area contributed by atoms with Gasteiger partial charge >= 0.3 is 0 Å². The number of hydrogen-bond donors (Lipinski definition) is 1. The molecule has 0 saturated carbocycles. The lowest BCUT2D eigenvalue weighted by Crippen LogP contribution is -2.28. The highest BCUT2D eigenvalue weighted by atomic mass is 32.2. The second-order valence-corrected chi connectivity index (χ2v) is 9.27. The van der Waals surface area contributed by atoms with Gasteiger partial charge in [0.2, 0.25) is 0 Å². The minimum Gasteiger partial charge on any atom is -0.310 e. The number of hydrogen-bond acceptors (Lipinski definition) is 4. The third kappa shape index (κ3) is 3.42. The maximum absolute atomic E-state index is 12.6. The van der Waals surface area contributed by atoms with Gasteiger partial charge < -0.3 is 5.32 Å². The molecular formula is C14H24N2O2S2. The van der Waals surface area contributed by atoms with E-state index in [4.69, 9.17) is 0 Å². The highest BCUT2D eigenvalue weighted by Gasteiger charge is 2.32. The van der Waals surface area contributed by atoms with Crippen LogP contribution in [0.5, 0.6) is 0 Å². The van der Waals surface area contributed by atoms with E-state index >= 15 is 0 Å². The predicted molar refractivity (Wildman–Crippen MR) is 83.6 cm³/mol. The van der Waals surface area contributed by atoms with E-state index in [1.165, 1.54) is 11.3 Å². The number of nitrogens with one attached hydrogen (secondary N) is 1. The molecule has 114 valence electrons. The standard InChI is InChI=1S/C14H24N2O2S2/c1-10(2)15-8-13-12(4)7-14(19-13)20(17,18)16-6-5-11(3)9-16/h7,10-11,15H,5-6,8-9H2,1-4H3. The topological polar surface area (TPSA) is 49.4 Å². The van der Waals surface area contributed by atoms with Crippen LogP contribution in [-0.4, -0.2) is 31.9 Å². The first-order chi connectivity index (χ1) is 9.30. The summed E-state index contributed by atoms with van der Waals surface area (Å²) in [6.07, 6.45) is 0.964. The molecule has 2 heterocycles. The smallest absolute Gasteiger partial charge is 0.252 e. The number of nitrogens with zero attached hydrogens (tertiary/aromatic N) is 1. The average molecular weight is 316 g/mol. The van der Waals surface area contributed by atoms with Gasteiger partial charge in [-0.05, 0) is 30.9 Å². The minimum absolute atomic E-state index is 0.399. The Morgan fingerprint density at radius 1 is 1.50 bits per heavy atom. The summed E-state index contributed by atoms with van der Waals surface area (Å²) in [5, 5.41) is 3.35. The van der Waals surface area contributed by atoms with E-state index in [1.54, 1.807) is 4.31 Å². The second-order valence-electron chi connectivity index (χ2n) is 5.96. The normalized spacial score (nSPS) is 20.9. The molecule has 1 aromatic heterocycles. The van der Waals surface area contributed by atoms with Gasteiger partial charge in [0.1, 0.15) is 4.21 Å². The van der Waals surface area contributed by atoms with Gasteiger partial charge in [0, 0.05) is 30.6 Å². The summed E-state index contributed by atoms with van der Waals surface area (Å²) in [5.41, 5.74) is 1.06. The lowest BCUT2D eigenvalue weighted by Gasteiger charge is -2.14.